The molecule has 1 fully saturated rings. The highest BCUT2D eigenvalue weighted by Gasteiger charge is 2.38. The largest absolute Gasteiger partial charge is 0.446 e. The molecule has 1 aliphatic heterocycles. The van der Waals surface area contributed by atoms with Gasteiger partial charge in [0.1, 0.15) is 6.61 Å². The molecule has 6 heteroatoms. The van der Waals surface area contributed by atoms with E-state index < -0.39 is 6.09 Å². The summed E-state index contributed by atoms with van der Waals surface area (Å²) in [4.78, 5) is 29.3. The number of amides is 1. The van der Waals surface area contributed by atoms with Gasteiger partial charge in [-0.1, -0.05) is 48.5 Å². The van der Waals surface area contributed by atoms with Crippen molar-refractivity contribution >= 4 is 23.8 Å². The number of fused-ring (bicyclic) bond motifs is 3. The van der Waals surface area contributed by atoms with Gasteiger partial charge in [-0.2, -0.15) is 11.8 Å². The lowest BCUT2D eigenvalue weighted by Gasteiger charge is -2.21. The van der Waals surface area contributed by atoms with Gasteiger partial charge < -0.3 is 9.57 Å². The summed E-state index contributed by atoms with van der Waals surface area (Å²) in [5.74, 6) is 0.466. The Balaban J connectivity index is 1.48. The third-order valence-electron chi connectivity index (χ3n) is 5.11. The maximum atomic E-state index is 12.6. The molecule has 140 valence electrons. The molecule has 0 radical (unpaired) electrons. The van der Waals surface area contributed by atoms with Crippen molar-refractivity contribution in [1.82, 2.24) is 5.06 Å². The average Bonchev–Trinajstić information content (AvgIpc) is 3.22. The van der Waals surface area contributed by atoms with Crippen LogP contribution in [0.2, 0.25) is 0 Å². The minimum atomic E-state index is -0.589. The standard InChI is InChI=1S/C21H21NO4S/c1-27-11-10-14-12-20(23)26-22(14)21(24)25-13-19-17-8-4-2-6-15(17)16-7-3-5-9-18(16)19/h2-9,14,19H,10-13H2,1H3/t14-/m0/s1. The molecule has 1 saturated heterocycles. The van der Waals surface area contributed by atoms with Crippen molar-refractivity contribution in [2.45, 2.75) is 24.8 Å². The molecule has 1 atom stereocenters. The third-order valence-corrected chi connectivity index (χ3v) is 5.75. The van der Waals surface area contributed by atoms with Gasteiger partial charge in [-0.3, -0.25) is 0 Å². The summed E-state index contributed by atoms with van der Waals surface area (Å²) in [6, 6.07) is 16.1. The van der Waals surface area contributed by atoms with Crippen LogP contribution in [-0.2, 0) is 14.4 Å². The highest BCUT2D eigenvalue weighted by molar-refractivity contribution is 7.98. The van der Waals surface area contributed by atoms with E-state index in [2.05, 4.69) is 24.3 Å². The molecule has 0 unspecified atom stereocenters. The van der Waals surface area contributed by atoms with Gasteiger partial charge >= 0.3 is 12.1 Å². The summed E-state index contributed by atoms with van der Waals surface area (Å²) in [6.45, 7) is 0.218. The quantitative estimate of drug-likeness (QED) is 0.774. The number of benzene rings is 2. The van der Waals surface area contributed by atoms with Gasteiger partial charge in [0.15, 0.2) is 0 Å². The van der Waals surface area contributed by atoms with Crippen LogP contribution in [0.25, 0.3) is 11.1 Å². The number of ether oxygens (including phenoxy) is 1. The van der Waals surface area contributed by atoms with Gasteiger partial charge in [0.25, 0.3) is 0 Å². The predicted octanol–water partition coefficient (Wildman–Crippen LogP) is 4.22. The van der Waals surface area contributed by atoms with Crippen molar-refractivity contribution in [2.24, 2.45) is 0 Å². The van der Waals surface area contributed by atoms with Gasteiger partial charge in [0.2, 0.25) is 0 Å². The van der Waals surface area contributed by atoms with Crippen LogP contribution in [0.3, 0.4) is 0 Å². The molecule has 0 saturated carbocycles. The highest BCUT2D eigenvalue weighted by Crippen LogP contribution is 2.44. The molecule has 0 N–H and O–H groups in total. The van der Waals surface area contributed by atoms with E-state index in [1.54, 1.807) is 11.8 Å². The summed E-state index contributed by atoms with van der Waals surface area (Å²) in [5, 5.41) is 1.12. The molecule has 1 aliphatic carbocycles. The van der Waals surface area contributed by atoms with Crippen LogP contribution in [0.5, 0.6) is 0 Å². The molecule has 2 aliphatic rings. The summed E-state index contributed by atoms with van der Waals surface area (Å²) < 4.78 is 5.59. The molecular weight excluding hydrogens is 362 g/mol. The Morgan fingerprint density at radius 3 is 2.41 bits per heavy atom. The van der Waals surface area contributed by atoms with E-state index in [9.17, 15) is 9.59 Å². The molecule has 5 nitrogen and oxygen atoms in total. The average molecular weight is 383 g/mol. The summed E-state index contributed by atoms with van der Waals surface area (Å²) in [7, 11) is 0. The fourth-order valence-electron chi connectivity index (χ4n) is 3.81. The molecule has 1 amide bonds. The summed E-state index contributed by atoms with van der Waals surface area (Å²) >= 11 is 1.68. The lowest BCUT2D eigenvalue weighted by molar-refractivity contribution is -0.167. The van der Waals surface area contributed by atoms with Crippen molar-refractivity contribution in [3.63, 3.8) is 0 Å². The van der Waals surface area contributed by atoms with Crippen LogP contribution in [-0.4, -0.2) is 41.8 Å². The number of carbonyl (C=O) groups excluding carboxylic acids is 2. The second-order valence-corrected chi connectivity index (χ2v) is 7.72. The number of carbonyl (C=O) groups is 2. The molecule has 0 spiro atoms. The van der Waals surface area contributed by atoms with E-state index in [1.165, 1.54) is 11.1 Å². The van der Waals surface area contributed by atoms with Crippen LogP contribution in [0.15, 0.2) is 48.5 Å². The Kier molecular flexibility index (Phi) is 5.07. The molecule has 1 heterocycles. The van der Waals surface area contributed by atoms with Crippen LogP contribution in [0.4, 0.5) is 4.79 Å². The fraction of sp³-hybridized carbons (Fsp3) is 0.333. The molecular formula is C21H21NO4S. The Labute approximate surface area is 162 Å². The third kappa shape index (κ3) is 3.41. The van der Waals surface area contributed by atoms with Gasteiger partial charge in [0, 0.05) is 5.92 Å². The Bertz CT molecular complexity index is 823. The lowest BCUT2D eigenvalue weighted by atomic mass is 9.98. The molecule has 2 aromatic rings. The first kappa shape index (κ1) is 17.9. The zero-order valence-corrected chi connectivity index (χ0v) is 15.9. The summed E-state index contributed by atoms with van der Waals surface area (Å²) in [5.41, 5.74) is 4.67. The van der Waals surface area contributed by atoms with Gasteiger partial charge in [-0.15, -0.1) is 5.06 Å². The number of hydrogen-bond acceptors (Lipinski definition) is 5. The fourth-order valence-corrected chi connectivity index (χ4v) is 4.32. The highest BCUT2D eigenvalue weighted by atomic mass is 32.2. The topological polar surface area (TPSA) is 55.8 Å². The van der Waals surface area contributed by atoms with Crippen LogP contribution >= 0.6 is 11.8 Å². The van der Waals surface area contributed by atoms with Crippen molar-refractivity contribution in [3.05, 3.63) is 59.7 Å². The zero-order valence-electron chi connectivity index (χ0n) is 15.1. The van der Waals surface area contributed by atoms with Gasteiger partial charge in [-0.05, 0) is 40.7 Å². The number of rotatable bonds is 5. The van der Waals surface area contributed by atoms with E-state index in [4.69, 9.17) is 9.57 Å². The predicted molar refractivity (Wildman–Crippen MR) is 104 cm³/mol. The normalized spacial score (nSPS) is 18.2. The summed E-state index contributed by atoms with van der Waals surface area (Å²) in [6.07, 6.45) is 2.34. The number of thioether (sulfide) groups is 1. The van der Waals surface area contributed by atoms with E-state index >= 15 is 0 Å². The van der Waals surface area contributed by atoms with E-state index in [0.717, 1.165) is 21.9 Å². The maximum Gasteiger partial charge on any atom is 0.443 e. The van der Waals surface area contributed by atoms with Crippen molar-refractivity contribution in [3.8, 4) is 11.1 Å². The number of hydroxylamine groups is 2. The molecule has 0 bridgehead atoms. The minimum Gasteiger partial charge on any atom is -0.446 e. The Hall–Kier alpha value is -2.47. The first-order chi connectivity index (χ1) is 13.2. The van der Waals surface area contributed by atoms with E-state index in [1.807, 2.05) is 30.5 Å². The second-order valence-electron chi connectivity index (χ2n) is 6.73. The number of nitrogens with zero attached hydrogens (tertiary/aromatic N) is 1. The minimum absolute atomic E-state index is 0.00991. The van der Waals surface area contributed by atoms with Crippen LogP contribution < -0.4 is 0 Å². The van der Waals surface area contributed by atoms with Crippen LogP contribution in [0, 0.1) is 0 Å². The Morgan fingerprint density at radius 1 is 1.15 bits per heavy atom. The zero-order chi connectivity index (χ0) is 18.8. The first-order valence-electron chi connectivity index (χ1n) is 9.03. The smallest absolute Gasteiger partial charge is 0.443 e. The SMILES string of the molecule is CSCC[C@H]1CC(=O)ON1C(=O)OCC1c2ccccc2-c2ccccc21. The van der Waals surface area contributed by atoms with Gasteiger partial charge in [0.05, 0.1) is 12.5 Å². The molecule has 4 rings (SSSR count). The van der Waals surface area contributed by atoms with Crippen molar-refractivity contribution in [1.29, 1.82) is 0 Å². The molecule has 0 aromatic heterocycles. The Morgan fingerprint density at radius 2 is 1.78 bits per heavy atom. The maximum absolute atomic E-state index is 12.6. The van der Waals surface area contributed by atoms with E-state index in [0.29, 0.717) is 6.42 Å². The number of hydrogen-bond donors (Lipinski definition) is 0. The lowest BCUT2D eigenvalue weighted by Crippen LogP contribution is -2.36. The monoisotopic (exact) mass is 383 g/mol. The van der Waals surface area contributed by atoms with Crippen molar-refractivity contribution < 1.29 is 19.2 Å². The van der Waals surface area contributed by atoms with Crippen molar-refractivity contribution in [2.75, 3.05) is 18.6 Å². The molecule has 2 aromatic carbocycles. The first-order valence-corrected chi connectivity index (χ1v) is 10.4. The molecule has 27 heavy (non-hydrogen) atoms. The van der Waals surface area contributed by atoms with E-state index in [-0.39, 0.29) is 31.0 Å². The van der Waals surface area contributed by atoms with Gasteiger partial charge in [-0.25, -0.2) is 9.59 Å². The van der Waals surface area contributed by atoms with Crippen LogP contribution in [0.1, 0.15) is 29.9 Å². The second kappa shape index (κ2) is 7.64.